The van der Waals surface area contributed by atoms with Crippen molar-refractivity contribution >= 4 is 11.8 Å². The molecule has 2 unspecified atom stereocenters. The summed E-state index contributed by atoms with van der Waals surface area (Å²) in [6.07, 6.45) is 5.36. The van der Waals surface area contributed by atoms with Gasteiger partial charge < -0.3 is 16.2 Å². The second-order valence-corrected chi connectivity index (χ2v) is 4.59. The molecule has 5 heteroatoms. The molecule has 0 heterocycles. The van der Waals surface area contributed by atoms with Crippen LogP contribution in [-0.2, 0) is 14.3 Å². The molecule has 2 atom stereocenters. The maximum absolute atomic E-state index is 11.6. The Kier molecular flexibility index (Phi) is 9.50. The van der Waals surface area contributed by atoms with Crippen LogP contribution in [-0.4, -0.2) is 30.9 Å². The number of ether oxygens (including phenoxy) is 1. The number of hydrogen-bond acceptors (Lipinski definition) is 5. The van der Waals surface area contributed by atoms with Gasteiger partial charge >= 0.3 is 5.97 Å². The minimum atomic E-state index is -0.614. The standard InChI is InChI=1S/C13H26N2O3/c1-3-4-5-9-12(16)10(14)7-6-8-11(15)13(17)18-2/h10-11H,3-9,14-15H2,1-2H3. The summed E-state index contributed by atoms with van der Waals surface area (Å²) in [7, 11) is 1.31. The third-order valence-electron chi connectivity index (χ3n) is 2.97. The number of carbonyl (C=O) groups is 2. The van der Waals surface area contributed by atoms with E-state index in [0.717, 1.165) is 19.3 Å². The van der Waals surface area contributed by atoms with Gasteiger partial charge in [0.2, 0.25) is 0 Å². The smallest absolute Gasteiger partial charge is 0.322 e. The highest BCUT2D eigenvalue weighted by molar-refractivity contribution is 5.83. The fourth-order valence-electron chi connectivity index (χ4n) is 1.72. The molecule has 106 valence electrons. The Morgan fingerprint density at radius 1 is 1.06 bits per heavy atom. The molecule has 4 N–H and O–H groups in total. The molecule has 0 rings (SSSR count). The first-order chi connectivity index (χ1) is 8.52. The van der Waals surface area contributed by atoms with Crippen molar-refractivity contribution in [3.8, 4) is 0 Å². The van der Waals surface area contributed by atoms with E-state index in [9.17, 15) is 9.59 Å². The van der Waals surface area contributed by atoms with E-state index in [2.05, 4.69) is 11.7 Å². The quantitative estimate of drug-likeness (QED) is 0.452. The van der Waals surface area contributed by atoms with Gasteiger partial charge in [0.25, 0.3) is 0 Å². The Balaban J connectivity index is 3.72. The van der Waals surface area contributed by atoms with E-state index < -0.39 is 18.1 Å². The minimum Gasteiger partial charge on any atom is -0.468 e. The van der Waals surface area contributed by atoms with Crippen LogP contribution >= 0.6 is 0 Å². The normalized spacial score (nSPS) is 14.0. The van der Waals surface area contributed by atoms with Crippen LogP contribution in [0, 0.1) is 0 Å². The summed E-state index contributed by atoms with van der Waals surface area (Å²) in [6.45, 7) is 2.10. The molecule has 5 nitrogen and oxygen atoms in total. The lowest BCUT2D eigenvalue weighted by molar-refractivity contribution is -0.142. The largest absolute Gasteiger partial charge is 0.468 e. The average molecular weight is 258 g/mol. The van der Waals surface area contributed by atoms with Gasteiger partial charge in [-0.25, -0.2) is 0 Å². The van der Waals surface area contributed by atoms with E-state index in [1.54, 1.807) is 0 Å². The first-order valence-corrected chi connectivity index (χ1v) is 6.64. The maximum atomic E-state index is 11.6. The fourth-order valence-corrected chi connectivity index (χ4v) is 1.72. The maximum Gasteiger partial charge on any atom is 0.322 e. The zero-order chi connectivity index (χ0) is 14.0. The van der Waals surface area contributed by atoms with Crippen LogP contribution in [0.4, 0.5) is 0 Å². The highest BCUT2D eigenvalue weighted by Gasteiger charge is 2.16. The summed E-state index contributed by atoms with van der Waals surface area (Å²) in [5.41, 5.74) is 11.4. The Morgan fingerprint density at radius 3 is 2.22 bits per heavy atom. The Hall–Kier alpha value is -0.940. The molecule has 0 aliphatic heterocycles. The third-order valence-corrected chi connectivity index (χ3v) is 2.97. The molecule has 0 fully saturated rings. The zero-order valence-corrected chi connectivity index (χ0v) is 11.5. The average Bonchev–Trinajstić information content (AvgIpc) is 2.37. The molecule has 0 aliphatic carbocycles. The lowest BCUT2D eigenvalue weighted by Gasteiger charge is -2.12. The Labute approximate surface area is 109 Å². The number of hydrogen-bond donors (Lipinski definition) is 2. The highest BCUT2D eigenvalue weighted by atomic mass is 16.5. The van der Waals surface area contributed by atoms with E-state index in [0.29, 0.717) is 25.7 Å². The van der Waals surface area contributed by atoms with E-state index in [1.807, 2.05) is 0 Å². The number of methoxy groups -OCH3 is 1. The van der Waals surface area contributed by atoms with Crippen molar-refractivity contribution in [1.29, 1.82) is 0 Å². The van der Waals surface area contributed by atoms with Crippen LogP contribution in [0.5, 0.6) is 0 Å². The lowest BCUT2D eigenvalue weighted by atomic mass is 10.00. The number of ketones is 1. The second-order valence-electron chi connectivity index (χ2n) is 4.59. The van der Waals surface area contributed by atoms with Gasteiger partial charge in [-0.1, -0.05) is 19.8 Å². The lowest BCUT2D eigenvalue weighted by Crippen LogP contribution is -2.33. The summed E-state index contributed by atoms with van der Waals surface area (Å²) in [4.78, 5) is 22.7. The van der Waals surface area contributed by atoms with E-state index >= 15 is 0 Å². The number of carbonyl (C=O) groups excluding carboxylic acids is 2. The van der Waals surface area contributed by atoms with E-state index in [1.165, 1.54) is 7.11 Å². The topological polar surface area (TPSA) is 95.4 Å². The van der Waals surface area contributed by atoms with Crippen molar-refractivity contribution < 1.29 is 14.3 Å². The van der Waals surface area contributed by atoms with E-state index in [-0.39, 0.29) is 5.78 Å². The van der Waals surface area contributed by atoms with Crippen molar-refractivity contribution in [3.05, 3.63) is 0 Å². The highest BCUT2D eigenvalue weighted by Crippen LogP contribution is 2.07. The van der Waals surface area contributed by atoms with E-state index in [4.69, 9.17) is 11.5 Å². The van der Waals surface area contributed by atoms with Gasteiger partial charge in [-0.15, -0.1) is 0 Å². The fraction of sp³-hybridized carbons (Fsp3) is 0.846. The summed E-state index contributed by atoms with van der Waals surface area (Å²) in [5.74, 6) is -0.312. The van der Waals surface area contributed by atoms with Gasteiger partial charge in [0.15, 0.2) is 0 Å². The number of unbranched alkanes of at least 4 members (excludes halogenated alkanes) is 2. The van der Waals surface area contributed by atoms with Gasteiger partial charge in [-0.2, -0.15) is 0 Å². The van der Waals surface area contributed by atoms with Crippen molar-refractivity contribution in [2.24, 2.45) is 11.5 Å². The first-order valence-electron chi connectivity index (χ1n) is 6.64. The van der Waals surface area contributed by atoms with Gasteiger partial charge in [-0.3, -0.25) is 9.59 Å². The molecule has 0 saturated heterocycles. The second kappa shape index (κ2) is 10.0. The van der Waals surface area contributed by atoms with Crippen LogP contribution in [0.1, 0.15) is 51.9 Å². The van der Waals surface area contributed by atoms with Crippen LogP contribution in [0.25, 0.3) is 0 Å². The molecule has 0 bridgehead atoms. The molecule has 18 heavy (non-hydrogen) atoms. The molecule has 0 spiro atoms. The van der Waals surface area contributed by atoms with Crippen molar-refractivity contribution in [2.75, 3.05) is 7.11 Å². The number of nitrogens with two attached hydrogens (primary N) is 2. The predicted molar refractivity (Wildman–Crippen MR) is 71.0 cm³/mol. The Bertz CT molecular complexity index is 257. The van der Waals surface area contributed by atoms with Crippen molar-refractivity contribution in [3.63, 3.8) is 0 Å². The number of esters is 1. The van der Waals surface area contributed by atoms with Crippen LogP contribution < -0.4 is 11.5 Å². The molecule has 0 aromatic rings. The zero-order valence-electron chi connectivity index (χ0n) is 11.5. The Morgan fingerprint density at radius 2 is 1.67 bits per heavy atom. The van der Waals surface area contributed by atoms with Crippen LogP contribution in [0.15, 0.2) is 0 Å². The summed E-state index contributed by atoms with van der Waals surface area (Å²) >= 11 is 0. The summed E-state index contributed by atoms with van der Waals surface area (Å²) in [5, 5.41) is 0. The molecule has 0 amide bonds. The molecule has 0 saturated carbocycles. The van der Waals surface area contributed by atoms with Crippen molar-refractivity contribution in [1.82, 2.24) is 0 Å². The molecular weight excluding hydrogens is 232 g/mol. The SMILES string of the molecule is CCCCCC(=O)C(N)CCCC(N)C(=O)OC. The number of rotatable bonds is 10. The van der Waals surface area contributed by atoms with Gasteiger partial charge in [0, 0.05) is 6.42 Å². The molecular formula is C13H26N2O3. The molecule has 0 aromatic heterocycles. The third kappa shape index (κ3) is 7.40. The minimum absolute atomic E-state index is 0.107. The summed E-state index contributed by atoms with van der Waals surface area (Å²) < 4.78 is 4.52. The number of Topliss-reactive ketones (excluding diaryl/α,β-unsaturated/α-hetero) is 1. The molecule has 0 aliphatic rings. The van der Waals surface area contributed by atoms with Crippen LogP contribution in [0.2, 0.25) is 0 Å². The van der Waals surface area contributed by atoms with Gasteiger partial charge in [0.05, 0.1) is 13.2 Å². The van der Waals surface area contributed by atoms with Crippen LogP contribution in [0.3, 0.4) is 0 Å². The predicted octanol–water partition coefficient (Wildman–Crippen LogP) is 1.13. The van der Waals surface area contributed by atoms with Gasteiger partial charge in [0.1, 0.15) is 11.8 Å². The first kappa shape index (κ1) is 17.1. The monoisotopic (exact) mass is 258 g/mol. The molecule has 0 aromatic carbocycles. The summed E-state index contributed by atoms with van der Waals surface area (Å²) in [6, 6.07) is -1.04. The van der Waals surface area contributed by atoms with Gasteiger partial charge in [-0.05, 0) is 25.7 Å². The molecule has 0 radical (unpaired) electrons. The van der Waals surface area contributed by atoms with Crippen molar-refractivity contribution in [2.45, 2.75) is 64.0 Å².